The number of alkyl halides is 2. The van der Waals surface area contributed by atoms with Gasteiger partial charge in [-0.15, -0.1) is 0 Å². The summed E-state index contributed by atoms with van der Waals surface area (Å²) in [6.07, 6.45) is 0.750. The number of halogens is 3. The van der Waals surface area contributed by atoms with Gasteiger partial charge in [0.05, 0.1) is 17.8 Å². The van der Waals surface area contributed by atoms with Crippen LogP contribution in [0.25, 0.3) is 33.4 Å². The molecule has 3 aromatic heterocycles. The van der Waals surface area contributed by atoms with E-state index in [1.807, 2.05) is 31.2 Å². The van der Waals surface area contributed by atoms with E-state index in [4.69, 9.17) is 26.1 Å². The fourth-order valence-corrected chi connectivity index (χ4v) is 7.33. The highest BCUT2D eigenvalue weighted by Crippen LogP contribution is 2.43. The molecule has 0 bridgehead atoms. The number of aromatic nitrogens is 5. The summed E-state index contributed by atoms with van der Waals surface area (Å²) in [4.78, 5) is 38.6. The van der Waals surface area contributed by atoms with Gasteiger partial charge in [0, 0.05) is 61.8 Å². The molecule has 0 spiro atoms. The first-order valence-corrected chi connectivity index (χ1v) is 16.8. The Hall–Kier alpha value is -4.72. The van der Waals surface area contributed by atoms with Crippen LogP contribution in [-0.2, 0) is 25.3 Å². The van der Waals surface area contributed by atoms with E-state index >= 15 is 0 Å². The van der Waals surface area contributed by atoms with Crippen LogP contribution < -0.4 is 26.6 Å². The first-order chi connectivity index (χ1) is 24.1. The van der Waals surface area contributed by atoms with Gasteiger partial charge in [0.2, 0.25) is 5.88 Å². The Morgan fingerprint density at radius 1 is 0.980 bits per heavy atom. The van der Waals surface area contributed by atoms with Crippen molar-refractivity contribution in [1.29, 1.82) is 0 Å². The number of aryl methyl sites for hydroxylation is 2. The van der Waals surface area contributed by atoms with E-state index in [-0.39, 0.29) is 22.9 Å². The second kappa shape index (κ2) is 13.5. The van der Waals surface area contributed by atoms with Crippen molar-refractivity contribution in [2.24, 2.45) is 14.1 Å². The number of benzene rings is 2. The number of fused-ring (bicyclic) bond motifs is 2. The normalized spacial score (nSPS) is 16.3. The zero-order valence-electron chi connectivity index (χ0n) is 28.0. The Balaban J connectivity index is 1.26. The van der Waals surface area contributed by atoms with Crippen LogP contribution in [0.5, 0.6) is 5.88 Å². The van der Waals surface area contributed by atoms with E-state index in [9.17, 15) is 18.4 Å². The van der Waals surface area contributed by atoms with Crippen molar-refractivity contribution >= 4 is 34.1 Å². The second-order valence-corrected chi connectivity index (χ2v) is 13.0. The molecule has 2 aliphatic rings. The molecule has 260 valence electrons. The van der Waals surface area contributed by atoms with Crippen LogP contribution in [0, 0.1) is 6.92 Å². The minimum atomic E-state index is -3.03. The van der Waals surface area contributed by atoms with Crippen LogP contribution in [0.3, 0.4) is 0 Å². The fraction of sp³-hybridized carbons (Fsp3) is 0.361. The monoisotopic (exact) mass is 703 g/mol. The van der Waals surface area contributed by atoms with E-state index < -0.39 is 23.5 Å². The fourth-order valence-electron chi connectivity index (χ4n) is 7.01. The van der Waals surface area contributed by atoms with Gasteiger partial charge in [-0.25, -0.2) is 28.5 Å². The number of nitrogens with one attached hydrogen (secondary N) is 2. The Morgan fingerprint density at radius 2 is 1.70 bits per heavy atom. The molecular weight excluding hydrogens is 668 g/mol. The van der Waals surface area contributed by atoms with E-state index in [0.29, 0.717) is 28.3 Å². The van der Waals surface area contributed by atoms with Crippen molar-refractivity contribution in [3.8, 4) is 28.3 Å². The maximum Gasteiger partial charge on any atom is 0.332 e. The molecule has 11 nitrogen and oxygen atoms in total. The van der Waals surface area contributed by atoms with Crippen LogP contribution >= 0.6 is 11.6 Å². The highest BCUT2D eigenvalue weighted by molar-refractivity contribution is 6.36. The van der Waals surface area contributed by atoms with E-state index in [0.717, 1.165) is 75.8 Å². The lowest BCUT2D eigenvalue weighted by molar-refractivity contribution is 0.0748. The highest BCUT2D eigenvalue weighted by Gasteiger charge is 2.31. The van der Waals surface area contributed by atoms with Crippen LogP contribution in [0.1, 0.15) is 54.2 Å². The van der Waals surface area contributed by atoms with Crippen molar-refractivity contribution in [1.82, 2.24) is 29.4 Å². The minimum Gasteiger partial charge on any atom is -0.481 e. The Labute approximate surface area is 291 Å². The minimum absolute atomic E-state index is 0.0920. The van der Waals surface area contributed by atoms with Crippen molar-refractivity contribution in [3.05, 3.63) is 90.8 Å². The number of methoxy groups -OCH3 is 1. The molecule has 4 heterocycles. The quantitative estimate of drug-likeness (QED) is 0.195. The summed E-state index contributed by atoms with van der Waals surface area (Å²) < 4.78 is 41.1. The van der Waals surface area contributed by atoms with Gasteiger partial charge >= 0.3 is 5.69 Å². The Bertz CT molecular complexity index is 2250. The van der Waals surface area contributed by atoms with Gasteiger partial charge in [-0.2, -0.15) is 0 Å². The number of hydrogen-bond donors (Lipinski definition) is 2. The van der Waals surface area contributed by atoms with Crippen LogP contribution in [0.4, 0.5) is 20.3 Å². The highest BCUT2D eigenvalue weighted by atomic mass is 35.5. The number of anilines is 2. The van der Waals surface area contributed by atoms with Gasteiger partial charge in [-0.1, -0.05) is 41.9 Å². The SMILES string of the molecule is COc1nc(-c2cccc(-c3cccc(Nc4nc(C(F)F)nc5c4c(=O)n(C)c(=O)n5C)c3C)c2Cl)cc2c1C(NC1CCOCC1)CC2. The predicted molar refractivity (Wildman–Crippen MR) is 188 cm³/mol. The van der Waals surface area contributed by atoms with Gasteiger partial charge in [0.1, 0.15) is 11.2 Å². The van der Waals surface area contributed by atoms with E-state index in [1.165, 1.54) is 19.7 Å². The molecule has 1 atom stereocenters. The smallest absolute Gasteiger partial charge is 0.332 e. The summed E-state index contributed by atoms with van der Waals surface area (Å²) >= 11 is 7.16. The van der Waals surface area contributed by atoms with Gasteiger partial charge in [-0.3, -0.25) is 13.9 Å². The lowest BCUT2D eigenvalue weighted by Crippen LogP contribution is -2.38. The lowest BCUT2D eigenvalue weighted by Gasteiger charge is -2.27. The zero-order valence-corrected chi connectivity index (χ0v) is 28.8. The second-order valence-electron chi connectivity index (χ2n) is 12.6. The molecule has 7 rings (SSSR count). The molecule has 5 aromatic rings. The van der Waals surface area contributed by atoms with Crippen LogP contribution in [0.15, 0.2) is 52.1 Å². The molecule has 1 unspecified atom stereocenters. The number of nitrogens with zero attached hydrogens (tertiary/aromatic N) is 5. The van der Waals surface area contributed by atoms with Crippen molar-refractivity contribution in [2.75, 3.05) is 25.6 Å². The molecule has 0 saturated carbocycles. The molecular formula is C36H36ClF2N7O4. The van der Waals surface area contributed by atoms with Crippen molar-refractivity contribution in [3.63, 3.8) is 0 Å². The van der Waals surface area contributed by atoms with E-state index in [2.05, 4.69) is 26.7 Å². The third-order valence-electron chi connectivity index (χ3n) is 9.68. The molecule has 1 saturated heterocycles. The molecule has 0 radical (unpaired) electrons. The largest absolute Gasteiger partial charge is 0.481 e. The molecule has 0 amide bonds. The first kappa shape index (κ1) is 33.8. The number of hydrogen-bond acceptors (Lipinski definition) is 9. The molecule has 2 N–H and O–H groups in total. The lowest BCUT2D eigenvalue weighted by atomic mass is 9.96. The van der Waals surface area contributed by atoms with Crippen LogP contribution in [0.2, 0.25) is 5.02 Å². The maximum absolute atomic E-state index is 13.9. The Morgan fingerprint density at radius 3 is 2.44 bits per heavy atom. The van der Waals surface area contributed by atoms with Crippen molar-refractivity contribution in [2.45, 2.75) is 51.1 Å². The third kappa shape index (κ3) is 5.92. The zero-order chi connectivity index (χ0) is 35.3. The third-order valence-corrected chi connectivity index (χ3v) is 10.1. The summed E-state index contributed by atoms with van der Waals surface area (Å²) in [6.45, 7) is 3.38. The Kier molecular flexibility index (Phi) is 9.14. The number of rotatable bonds is 8. The standard InChI is InChI=1S/C36H36ClF2N7O4/c1-18-21(7-6-10-24(18)41-31-28-33(44-32(43-31)30(38)39)45(2)36(48)46(3)35(28)47)22-8-5-9-23(29(22)37)26-17-19-11-12-25(27(19)34(42-26)49-4)40-20-13-15-50-16-14-20/h5-10,17,20,25,30,40H,11-16H2,1-4H3,(H,41,43,44). The molecule has 1 aliphatic carbocycles. The first-order valence-electron chi connectivity index (χ1n) is 16.4. The van der Waals surface area contributed by atoms with Gasteiger partial charge in [0.15, 0.2) is 11.5 Å². The average molecular weight is 704 g/mol. The number of pyridine rings is 1. The van der Waals surface area contributed by atoms with Crippen LogP contribution in [-0.4, -0.2) is 50.5 Å². The summed E-state index contributed by atoms with van der Waals surface area (Å²) in [5.74, 6) is -0.372. The summed E-state index contributed by atoms with van der Waals surface area (Å²) in [5.41, 5.74) is 4.81. The maximum atomic E-state index is 13.9. The number of ether oxygens (including phenoxy) is 2. The van der Waals surface area contributed by atoms with Gasteiger partial charge in [0.25, 0.3) is 12.0 Å². The summed E-state index contributed by atoms with van der Waals surface area (Å²) in [6, 6.07) is 13.8. The molecule has 2 aromatic carbocycles. The molecule has 50 heavy (non-hydrogen) atoms. The van der Waals surface area contributed by atoms with E-state index in [1.54, 1.807) is 19.2 Å². The predicted octanol–water partition coefficient (Wildman–Crippen LogP) is 6.16. The van der Waals surface area contributed by atoms with Gasteiger partial charge < -0.3 is 20.1 Å². The topological polar surface area (TPSA) is 125 Å². The average Bonchev–Trinajstić information content (AvgIpc) is 3.53. The summed E-state index contributed by atoms with van der Waals surface area (Å²) in [5, 5.41) is 7.27. The summed E-state index contributed by atoms with van der Waals surface area (Å²) in [7, 11) is 4.31. The molecule has 1 fully saturated rings. The van der Waals surface area contributed by atoms with Gasteiger partial charge in [-0.05, 0) is 61.4 Å². The molecule has 1 aliphatic heterocycles. The molecule has 14 heteroatoms. The van der Waals surface area contributed by atoms with Crippen molar-refractivity contribution < 1.29 is 18.3 Å².